The standard InChI is InChI=1S/C18H23FN2O5S/c1-3-27(22,23)21-17-11-24-7-6-14(17)10-25-18-5-4-13(9-15(18)19)16-8-12(2)26-20-16/h4-5,8-9,14,17,21H,3,6-7,10-11H2,1-2H3. The van der Waals surface area contributed by atoms with Crippen LogP contribution in [0.15, 0.2) is 28.8 Å². The van der Waals surface area contributed by atoms with E-state index in [1.807, 2.05) is 0 Å². The zero-order chi connectivity index (χ0) is 19.4. The first-order valence-corrected chi connectivity index (χ1v) is 10.5. The second-order valence-corrected chi connectivity index (χ2v) is 8.57. The minimum Gasteiger partial charge on any atom is -0.490 e. The molecule has 148 valence electrons. The summed E-state index contributed by atoms with van der Waals surface area (Å²) in [5.74, 6) is 0.144. The molecule has 1 aromatic heterocycles. The van der Waals surface area contributed by atoms with Gasteiger partial charge in [0.15, 0.2) is 11.6 Å². The van der Waals surface area contributed by atoms with E-state index in [0.29, 0.717) is 30.0 Å². The van der Waals surface area contributed by atoms with Crippen LogP contribution in [0.1, 0.15) is 19.1 Å². The van der Waals surface area contributed by atoms with Crippen LogP contribution in [0.2, 0.25) is 0 Å². The van der Waals surface area contributed by atoms with Crippen molar-refractivity contribution in [2.75, 3.05) is 25.6 Å². The van der Waals surface area contributed by atoms with Crippen LogP contribution in [-0.2, 0) is 14.8 Å². The second kappa shape index (κ2) is 8.37. The Balaban J connectivity index is 1.66. The van der Waals surface area contributed by atoms with E-state index < -0.39 is 15.8 Å². The Labute approximate surface area is 157 Å². The molecule has 1 saturated heterocycles. The van der Waals surface area contributed by atoms with E-state index in [1.54, 1.807) is 32.0 Å². The van der Waals surface area contributed by atoms with Crippen LogP contribution in [0.5, 0.6) is 5.75 Å². The summed E-state index contributed by atoms with van der Waals surface area (Å²) in [5, 5.41) is 3.87. The van der Waals surface area contributed by atoms with Gasteiger partial charge in [-0.05, 0) is 38.5 Å². The van der Waals surface area contributed by atoms with Gasteiger partial charge >= 0.3 is 0 Å². The molecule has 0 saturated carbocycles. The first-order valence-electron chi connectivity index (χ1n) is 8.81. The quantitative estimate of drug-likeness (QED) is 0.771. The number of hydrogen-bond donors (Lipinski definition) is 1. The van der Waals surface area contributed by atoms with Gasteiger partial charge in [-0.15, -0.1) is 0 Å². The van der Waals surface area contributed by atoms with Crippen LogP contribution in [0.25, 0.3) is 11.3 Å². The lowest BCUT2D eigenvalue weighted by Crippen LogP contribution is -2.48. The van der Waals surface area contributed by atoms with E-state index in [0.717, 1.165) is 0 Å². The van der Waals surface area contributed by atoms with Crippen molar-refractivity contribution < 1.29 is 26.8 Å². The fourth-order valence-electron chi connectivity index (χ4n) is 2.90. The van der Waals surface area contributed by atoms with Crippen molar-refractivity contribution in [1.82, 2.24) is 9.88 Å². The van der Waals surface area contributed by atoms with E-state index in [2.05, 4.69) is 9.88 Å². The Morgan fingerprint density at radius 2 is 2.19 bits per heavy atom. The number of sulfonamides is 1. The molecule has 1 aliphatic heterocycles. The van der Waals surface area contributed by atoms with E-state index in [4.69, 9.17) is 14.0 Å². The second-order valence-electron chi connectivity index (χ2n) is 6.53. The highest BCUT2D eigenvalue weighted by atomic mass is 32.2. The van der Waals surface area contributed by atoms with Gasteiger partial charge in [0.25, 0.3) is 0 Å². The topological polar surface area (TPSA) is 90.7 Å². The molecule has 2 atom stereocenters. The predicted octanol–water partition coefficient (Wildman–Crippen LogP) is 2.51. The molecule has 1 N–H and O–H groups in total. The Morgan fingerprint density at radius 1 is 1.37 bits per heavy atom. The van der Waals surface area contributed by atoms with E-state index >= 15 is 0 Å². The highest BCUT2D eigenvalue weighted by Gasteiger charge is 2.29. The van der Waals surface area contributed by atoms with Gasteiger partial charge in [0, 0.05) is 24.2 Å². The van der Waals surface area contributed by atoms with Crippen molar-refractivity contribution in [1.29, 1.82) is 0 Å². The number of nitrogens with one attached hydrogen (secondary N) is 1. The number of hydrogen-bond acceptors (Lipinski definition) is 6. The Hall–Kier alpha value is -1.97. The number of rotatable bonds is 7. The largest absolute Gasteiger partial charge is 0.490 e. The van der Waals surface area contributed by atoms with Gasteiger partial charge in [-0.3, -0.25) is 0 Å². The maximum absolute atomic E-state index is 14.4. The Morgan fingerprint density at radius 3 is 2.85 bits per heavy atom. The summed E-state index contributed by atoms with van der Waals surface area (Å²) in [7, 11) is -3.35. The molecule has 3 rings (SSSR count). The summed E-state index contributed by atoms with van der Waals surface area (Å²) in [6, 6.07) is 5.93. The summed E-state index contributed by atoms with van der Waals surface area (Å²) < 4.78 is 56.7. The van der Waals surface area contributed by atoms with Gasteiger partial charge in [-0.25, -0.2) is 17.5 Å². The third-order valence-electron chi connectivity index (χ3n) is 4.52. The molecule has 0 spiro atoms. The minimum atomic E-state index is -3.35. The molecule has 0 bridgehead atoms. The van der Waals surface area contributed by atoms with E-state index in [9.17, 15) is 12.8 Å². The molecular weight excluding hydrogens is 375 g/mol. The Bertz CT molecular complexity index is 884. The molecule has 27 heavy (non-hydrogen) atoms. The third kappa shape index (κ3) is 5.06. The summed E-state index contributed by atoms with van der Waals surface area (Å²) >= 11 is 0. The fraction of sp³-hybridized carbons (Fsp3) is 0.500. The fourth-order valence-corrected chi connectivity index (χ4v) is 3.79. The predicted molar refractivity (Wildman–Crippen MR) is 97.4 cm³/mol. The van der Waals surface area contributed by atoms with Crippen molar-refractivity contribution >= 4 is 10.0 Å². The lowest BCUT2D eigenvalue weighted by Gasteiger charge is -2.31. The molecule has 1 fully saturated rings. The number of halogens is 1. The molecule has 2 aromatic rings. The maximum Gasteiger partial charge on any atom is 0.211 e. The van der Waals surface area contributed by atoms with Crippen molar-refractivity contribution in [3.8, 4) is 17.0 Å². The average Bonchev–Trinajstić information content (AvgIpc) is 3.08. The highest BCUT2D eigenvalue weighted by Crippen LogP contribution is 2.26. The molecule has 9 heteroatoms. The van der Waals surface area contributed by atoms with Gasteiger partial charge < -0.3 is 14.0 Å². The van der Waals surface area contributed by atoms with E-state index in [-0.39, 0.29) is 36.7 Å². The van der Waals surface area contributed by atoms with Gasteiger partial charge in [0.2, 0.25) is 10.0 Å². The molecular formula is C18H23FN2O5S. The molecule has 1 aliphatic rings. The smallest absolute Gasteiger partial charge is 0.211 e. The molecule has 0 amide bonds. The molecule has 2 heterocycles. The number of aryl methyl sites for hydroxylation is 1. The summed E-state index contributed by atoms with van der Waals surface area (Å²) in [4.78, 5) is 0. The van der Waals surface area contributed by atoms with Crippen LogP contribution >= 0.6 is 0 Å². The summed E-state index contributed by atoms with van der Waals surface area (Å²) in [6.07, 6.45) is 0.634. The first kappa shape index (κ1) is 19.8. The van der Waals surface area contributed by atoms with Crippen molar-refractivity contribution in [2.45, 2.75) is 26.3 Å². The number of benzene rings is 1. The summed E-state index contributed by atoms with van der Waals surface area (Å²) in [5.41, 5.74) is 1.15. The lowest BCUT2D eigenvalue weighted by atomic mass is 9.97. The minimum absolute atomic E-state index is 0.00527. The van der Waals surface area contributed by atoms with Crippen LogP contribution in [0, 0.1) is 18.7 Å². The molecule has 0 radical (unpaired) electrons. The van der Waals surface area contributed by atoms with Gasteiger partial charge in [0.05, 0.1) is 25.0 Å². The van der Waals surface area contributed by atoms with Gasteiger partial charge in [-0.1, -0.05) is 5.16 Å². The van der Waals surface area contributed by atoms with Crippen LogP contribution in [0.3, 0.4) is 0 Å². The zero-order valence-corrected chi connectivity index (χ0v) is 16.1. The van der Waals surface area contributed by atoms with E-state index in [1.165, 1.54) is 6.07 Å². The number of aromatic nitrogens is 1. The normalized spacial score (nSPS) is 20.6. The number of ether oxygens (including phenoxy) is 2. The molecule has 1 aromatic carbocycles. The highest BCUT2D eigenvalue weighted by molar-refractivity contribution is 7.89. The molecule has 2 unspecified atom stereocenters. The third-order valence-corrected chi connectivity index (χ3v) is 5.94. The lowest BCUT2D eigenvalue weighted by molar-refractivity contribution is 0.0269. The van der Waals surface area contributed by atoms with Gasteiger partial charge in [0.1, 0.15) is 11.5 Å². The summed E-state index contributed by atoms with van der Waals surface area (Å²) in [6.45, 7) is 4.33. The monoisotopic (exact) mass is 398 g/mol. The van der Waals surface area contributed by atoms with Crippen molar-refractivity contribution in [3.05, 3.63) is 35.8 Å². The Kier molecular flexibility index (Phi) is 6.13. The van der Waals surface area contributed by atoms with Crippen LogP contribution < -0.4 is 9.46 Å². The molecule has 0 aliphatic carbocycles. The van der Waals surface area contributed by atoms with Crippen LogP contribution in [0.4, 0.5) is 4.39 Å². The van der Waals surface area contributed by atoms with Crippen LogP contribution in [-0.4, -0.2) is 45.2 Å². The zero-order valence-electron chi connectivity index (χ0n) is 15.3. The molecule has 7 nitrogen and oxygen atoms in total. The van der Waals surface area contributed by atoms with Gasteiger partial charge in [-0.2, -0.15) is 0 Å². The maximum atomic E-state index is 14.4. The SMILES string of the molecule is CCS(=O)(=O)NC1COCCC1COc1ccc(-c2cc(C)on2)cc1F. The van der Waals surface area contributed by atoms with Crippen molar-refractivity contribution in [2.24, 2.45) is 5.92 Å². The average molecular weight is 398 g/mol. The van der Waals surface area contributed by atoms with Crippen molar-refractivity contribution in [3.63, 3.8) is 0 Å². The first-order chi connectivity index (χ1) is 12.9. The number of nitrogens with zero attached hydrogens (tertiary/aromatic N) is 1.